The van der Waals surface area contributed by atoms with Gasteiger partial charge in [-0.3, -0.25) is 19.3 Å². The Morgan fingerprint density at radius 2 is 1.50 bits per heavy atom. The summed E-state index contributed by atoms with van der Waals surface area (Å²) in [6.45, 7) is 0.385. The van der Waals surface area contributed by atoms with E-state index < -0.39 is 0 Å². The van der Waals surface area contributed by atoms with E-state index in [1.807, 2.05) is 12.1 Å². The normalized spacial score (nSPS) is 13.2. The van der Waals surface area contributed by atoms with Gasteiger partial charge in [-0.15, -0.1) is 0 Å². The van der Waals surface area contributed by atoms with Crippen LogP contribution < -0.4 is 0 Å². The molecular weight excluding hydrogens is 301 g/mol. The van der Waals surface area contributed by atoms with Gasteiger partial charge in [-0.05, 0) is 36.9 Å². The van der Waals surface area contributed by atoms with Crippen molar-refractivity contribution in [2.45, 2.75) is 19.2 Å². The van der Waals surface area contributed by atoms with E-state index in [2.05, 4.69) is 0 Å². The molecule has 1 heterocycles. The van der Waals surface area contributed by atoms with Crippen molar-refractivity contribution < 1.29 is 14.4 Å². The fourth-order valence-electron chi connectivity index (χ4n) is 2.86. The number of Topliss-reactive ketones (excluding diaryl/α,β-unsaturated/α-hetero) is 1. The Labute approximate surface area is 141 Å². The molecule has 5 heteroatoms. The molecule has 0 saturated heterocycles. The lowest BCUT2D eigenvalue weighted by Gasteiger charge is -2.13. The second kappa shape index (κ2) is 6.83. The summed E-state index contributed by atoms with van der Waals surface area (Å²) in [5.41, 5.74) is 2.61. The first kappa shape index (κ1) is 16.2. The number of aryl methyl sites for hydroxylation is 1. The average Bonchev–Trinajstić information content (AvgIpc) is 2.87. The predicted octanol–water partition coefficient (Wildman–Crippen LogP) is 2.68. The van der Waals surface area contributed by atoms with Gasteiger partial charge in [0.15, 0.2) is 5.78 Å². The average molecular weight is 317 g/mol. The van der Waals surface area contributed by atoms with Crippen LogP contribution in [0, 0.1) is 0 Å². The maximum absolute atomic E-state index is 12.3. The third kappa shape index (κ3) is 3.02. The summed E-state index contributed by atoms with van der Waals surface area (Å²) < 4.78 is 0. The van der Waals surface area contributed by atoms with Crippen LogP contribution in [-0.4, -0.2) is 36.9 Å². The van der Waals surface area contributed by atoms with Crippen molar-refractivity contribution in [2.75, 3.05) is 6.54 Å². The number of amides is 2. The molecule has 0 saturated carbocycles. The number of carbonyl (C=O) groups excluding carboxylic acids is 3. The highest BCUT2D eigenvalue weighted by Gasteiger charge is 2.34. The van der Waals surface area contributed by atoms with Gasteiger partial charge < -0.3 is 0 Å². The molecular formula is C19H16BNO3. The van der Waals surface area contributed by atoms with Crippen molar-refractivity contribution in [1.82, 2.24) is 4.90 Å². The molecule has 0 aromatic heterocycles. The van der Waals surface area contributed by atoms with Crippen molar-refractivity contribution >= 4 is 25.4 Å². The van der Waals surface area contributed by atoms with E-state index in [0.717, 1.165) is 12.0 Å². The molecule has 0 atom stereocenters. The van der Waals surface area contributed by atoms with Gasteiger partial charge in [-0.1, -0.05) is 36.4 Å². The highest BCUT2D eigenvalue weighted by molar-refractivity contribution is 6.24. The van der Waals surface area contributed by atoms with E-state index in [0.29, 0.717) is 29.7 Å². The van der Waals surface area contributed by atoms with Gasteiger partial charge in [-0.25, -0.2) is 0 Å². The lowest BCUT2D eigenvalue weighted by molar-refractivity contribution is 0.0652. The number of benzene rings is 2. The first-order chi connectivity index (χ1) is 11.6. The van der Waals surface area contributed by atoms with E-state index in [1.54, 1.807) is 36.4 Å². The fourth-order valence-corrected chi connectivity index (χ4v) is 2.86. The summed E-state index contributed by atoms with van der Waals surface area (Å²) >= 11 is 0. The molecule has 0 fully saturated rings. The Balaban J connectivity index is 1.59. The Hall–Kier alpha value is -2.69. The van der Waals surface area contributed by atoms with E-state index in [-0.39, 0.29) is 23.9 Å². The molecule has 0 spiro atoms. The highest BCUT2D eigenvalue weighted by atomic mass is 16.2. The third-order valence-corrected chi connectivity index (χ3v) is 4.19. The third-order valence-electron chi connectivity index (χ3n) is 4.19. The van der Waals surface area contributed by atoms with Gasteiger partial charge in [0.05, 0.1) is 19.0 Å². The van der Waals surface area contributed by atoms with Crippen molar-refractivity contribution in [3.8, 4) is 0 Å². The highest BCUT2D eigenvalue weighted by Crippen LogP contribution is 2.22. The molecule has 2 aromatic carbocycles. The lowest BCUT2D eigenvalue weighted by Crippen LogP contribution is -2.30. The number of imide groups is 1. The fraction of sp³-hybridized carbons (Fsp3) is 0.211. The monoisotopic (exact) mass is 317 g/mol. The van der Waals surface area contributed by atoms with Crippen LogP contribution in [-0.2, 0) is 6.42 Å². The molecule has 0 bridgehead atoms. The molecule has 4 nitrogen and oxygen atoms in total. The molecule has 2 amide bonds. The van der Waals surface area contributed by atoms with Crippen molar-refractivity contribution in [3.63, 3.8) is 0 Å². The Morgan fingerprint density at radius 1 is 0.917 bits per heavy atom. The number of nitrogens with zero attached hydrogens (tertiary/aromatic N) is 1. The second-order valence-electron chi connectivity index (χ2n) is 5.74. The number of ketones is 1. The van der Waals surface area contributed by atoms with Crippen LogP contribution in [0.1, 0.15) is 43.1 Å². The van der Waals surface area contributed by atoms with Gasteiger partial charge in [0.1, 0.15) is 0 Å². The van der Waals surface area contributed by atoms with Gasteiger partial charge >= 0.3 is 0 Å². The van der Waals surface area contributed by atoms with E-state index in [4.69, 9.17) is 7.85 Å². The van der Waals surface area contributed by atoms with Crippen LogP contribution in [0.3, 0.4) is 0 Å². The molecule has 0 unspecified atom stereocenters. The molecule has 0 aliphatic carbocycles. The van der Waals surface area contributed by atoms with Gasteiger partial charge in [0, 0.05) is 12.1 Å². The number of hydrogen-bond donors (Lipinski definition) is 0. The summed E-state index contributed by atoms with van der Waals surface area (Å²) in [4.78, 5) is 37.3. The van der Waals surface area contributed by atoms with E-state index in [9.17, 15) is 14.4 Å². The zero-order chi connectivity index (χ0) is 17.1. The van der Waals surface area contributed by atoms with Crippen LogP contribution in [0.25, 0.3) is 0 Å². The summed E-state index contributed by atoms with van der Waals surface area (Å²) in [6.07, 6.45) is 1.40. The molecule has 2 radical (unpaired) electrons. The maximum atomic E-state index is 12.3. The number of hydrogen-bond acceptors (Lipinski definition) is 3. The minimum Gasteiger partial charge on any atom is -0.295 e. The molecule has 1 aliphatic heterocycles. The molecule has 118 valence electrons. The standard InChI is InChI=1S/C19H16BNO3/c20-12-17(22)14-9-7-13(8-10-14)4-3-11-21-18(23)15-5-1-2-6-16(15)19(21)24/h1-2,5-10H,3-4,11-12H2. The second-order valence-corrected chi connectivity index (χ2v) is 5.74. The molecule has 1 aliphatic rings. The zero-order valence-corrected chi connectivity index (χ0v) is 13.2. The van der Waals surface area contributed by atoms with Crippen LogP contribution in [0.4, 0.5) is 0 Å². The SMILES string of the molecule is [B]CC(=O)c1ccc(CCCN2C(=O)c3ccccc3C2=O)cc1. The Morgan fingerprint density at radius 3 is 2.04 bits per heavy atom. The van der Waals surface area contributed by atoms with Gasteiger partial charge in [0.2, 0.25) is 0 Å². The molecule has 2 aromatic rings. The van der Waals surface area contributed by atoms with E-state index >= 15 is 0 Å². The maximum Gasteiger partial charge on any atom is 0.261 e. The number of rotatable bonds is 6. The smallest absolute Gasteiger partial charge is 0.261 e. The zero-order valence-electron chi connectivity index (χ0n) is 13.2. The topological polar surface area (TPSA) is 54.5 Å². The first-order valence-corrected chi connectivity index (χ1v) is 7.89. The number of fused-ring (bicyclic) bond motifs is 1. The van der Waals surface area contributed by atoms with Crippen molar-refractivity contribution in [1.29, 1.82) is 0 Å². The van der Waals surface area contributed by atoms with Crippen molar-refractivity contribution in [2.24, 2.45) is 0 Å². The quantitative estimate of drug-likeness (QED) is 0.468. The minimum atomic E-state index is -0.223. The first-order valence-electron chi connectivity index (χ1n) is 7.89. The summed E-state index contributed by atoms with van der Waals surface area (Å²) in [5, 5.41) is 0. The van der Waals surface area contributed by atoms with E-state index in [1.165, 1.54) is 4.90 Å². The van der Waals surface area contributed by atoms with Gasteiger partial charge in [0.25, 0.3) is 11.8 Å². The van der Waals surface area contributed by atoms with Crippen molar-refractivity contribution in [3.05, 3.63) is 70.8 Å². The van der Waals surface area contributed by atoms with Crippen LogP contribution in [0.5, 0.6) is 0 Å². The van der Waals surface area contributed by atoms with Crippen LogP contribution in [0.15, 0.2) is 48.5 Å². The largest absolute Gasteiger partial charge is 0.295 e. The Bertz CT molecular complexity index is 764. The molecule has 0 N–H and O–H groups in total. The van der Waals surface area contributed by atoms with Crippen LogP contribution >= 0.6 is 0 Å². The number of carbonyl (C=O) groups is 3. The summed E-state index contributed by atoms with van der Waals surface area (Å²) in [5.74, 6) is -0.536. The summed E-state index contributed by atoms with van der Waals surface area (Å²) in [6, 6.07) is 14.2. The molecule has 3 rings (SSSR count). The lowest BCUT2D eigenvalue weighted by atomic mass is 9.95. The van der Waals surface area contributed by atoms with Crippen LogP contribution in [0.2, 0.25) is 6.32 Å². The van der Waals surface area contributed by atoms with Gasteiger partial charge in [-0.2, -0.15) is 0 Å². The predicted molar refractivity (Wildman–Crippen MR) is 91.5 cm³/mol. The molecule has 24 heavy (non-hydrogen) atoms. The summed E-state index contributed by atoms with van der Waals surface area (Å²) in [7, 11) is 5.34. The Kier molecular flexibility index (Phi) is 4.60. The minimum absolute atomic E-state index is 0.000904.